The van der Waals surface area contributed by atoms with Gasteiger partial charge in [-0.05, 0) is 117 Å². The Morgan fingerprint density at radius 3 is 2.30 bits per heavy atom. The lowest BCUT2D eigenvalue weighted by Gasteiger charge is -2.36. The fourth-order valence-corrected chi connectivity index (χ4v) is 8.73. The highest BCUT2D eigenvalue weighted by Gasteiger charge is 2.26. The number of anilines is 3. The smallest absolute Gasteiger partial charge is 0.293 e. The largest absolute Gasteiger partial charge is 0.399 e. The number of thioether (sulfide) groups is 1. The summed E-state index contributed by atoms with van der Waals surface area (Å²) in [5.41, 5.74) is 11.0. The van der Waals surface area contributed by atoms with Gasteiger partial charge in [-0.2, -0.15) is 0 Å². The summed E-state index contributed by atoms with van der Waals surface area (Å²) in [5, 5.41) is 16.1. The lowest BCUT2D eigenvalue weighted by molar-refractivity contribution is -0.384. The standard InChI is InChI=1S/C42H46ClN7O5S2/c1-47(2)21-20-35(29-56-37-6-4-3-5-7-37)45-40-19-17-38(27-41(40)50(52)53)57(54,55)46-42(51)31-10-15-36(16-11-31)49-24-22-48(23-25-49)28-32-26-34(44)14-18-39(32)30-8-12-33(43)13-9-30/h3-19,26-27,35,45H,20-25,28-29,44H2,1-2H3,(H,46,51)/t35-/m1/s1. The van der Waals surface area contributed by atoms with E-state index in [1.165, 1.54) is 12.1 Å². The van der Waals surface area contributed by atoms with Crippen molar-refractivity contribution in [1.82, 2.24) is 14.5 Å². The first kappa shape index (κ1) is 41.5. The average Bonchev–Trinajstić information content (AvgIpc) is 3.20. The van der Waals surface area contributed by atoms with E-state index in [4.69, 9.17) is 17.3 Å². The van der Waals surface area contributed by atoms with Crippen molar-refractivity contribution in [3.8, 4) is 11.1 Å². The van der Waals surface area contributed by atoms with Crippen LogP contribution < -0.4 is 20.7 Å². The van der Waals surface area contributed by atoms with Crippen LogP contribution in [0.2, 0.25) is 5.02 Å². The summed E-state index contributed by atoms with van der Waals surface area (Å²) in [7, 11) is -0.524. The summed E-state index contributed by atoms with van der Waals surface area (Å²) in [5.74, 6) is -0.201. The Morgan fingerprint density at radius 2 is 1.63 bits per heavy atom. The molecular weight excluding hydrogens is 782 g/mol. The number of benzene rings is 5. The summed E-state index contributed by atoms with van der Waals surface area (Å²) in [4.78, 5) is 32.0. The Labute approximate surface area is 343 Å². The molecule has 1 amide bonds. The molecule has 0 aliphatic carbocycles. The number of nitrogens with zero attached hydrogens (tertiary/aromatic N) is 4. The van der Waals surface area contributed by atoms with Gasteiger partial charge < -0.3 is 20.9 Å². The molecule has 0 aromatic heterocycles. The van der Waals surface area contributed by atoms with Gasteiger partial charge in [0.05, 0.1) is 9.82 Å². The number of carbonyl (C=O) groups is 1. The Morgan fingerprint density at radius 1 is 0.930 bits per heavy atom. The predicted octanol–water partition coefficient (Wildman–Crippen LogP) is 7.46. The molecule has 1 saturated heterocycles. The lowest BCUT2D eigenvalue weighted by atomic mass is 9.98. The van der Waals surface area contributed by atoms with E-state index in [9.17, 15) is 23.3 Å². The topological polar surface area (TPSA) is 154 Å². The van der Waals surface area contributed by atoms with Crippen molar-refractivity contribution < 1.29 is 18.1 Å². The maximum Gasteiger partial charge on any atom is 0.293 e. The van der Waals surface area contributed by atoms with Crippen LogP contribution >= 0.6 is 23.4 Å². The molecule has 1 aliphatic heterocycles. The summed E-state index contributed by atoms with van der Waals surface area (Å²) < 4.78 is 28.8. The molecule has 5 aromatic rings. The number of nitrogen functional groups attached to an aromatic ring is 1. The van der Waals surface area contributed by atoms with Gasteiger partial charge in [0, 0.05) is 77.4 Å². The summed E-state index contributed by atoms with van der Waals surface area (Å²) >= 11 is 7.75. The average molecular weight is 828 g/mol. The molecular formula is C42H46ClN7O5S2. The Hall–Kier alpha value is -5.12. The molecule has 57 heavy (non-hydrogen) atoms. The zero-order valence-electron chi connectivity index (χ0n) is 31.8. The van der Waals surface area contributed by atoms with E-state index < -0.39 is 26.5 Å². The summed E-state index contributed by atoms with van der Waals surface area (Å²) in [6, 6.07) is 33.8. The van der Waals surface area contributed by atoms with Crippen LogP contribution in [-0.2, 0) is 16.6 Å². The summed E-state index contributed by atoms with van der Waals surface area (Å²) in [6.45, 7) is 4.60. The molecule has 12 nitrogen and oxygen atoms in total. The van der Waals surface area contributed by atoms with Crippen LogP contribution in [0.1, 0.15) is 22.3 Å². The number of nitro groups is 1. The van der Waals surface area contributed by atoms with E-state index in [-0.39, 0.29) is 22.2 Å². The van der Waals surface area contributed by atoms with Crippen LogP contribution in [0.25, 0.3) is 11.1 Å². The molecule has 1 atom stereocenters. The van der Waals surface area contributed by atoms with Gasteiger partial charge in [-0.25, -0.2) is 13.1 Å². The van der Waals surface area contributed by atoms with Crippen molar-refractivity contribution in [1.29, 1.82) is 0 Å². The third-order valence-corrected chi connectivity index (χ3v) is 12.5. The second-order valence-electron chi connectivity index (χ2n) is 14.2. The Balaban J connectivity index is 1.06. The SMILES string of the molecule is CN(C)CC[C@H](CSc1ccccc1)Nc1ccc(S(=O)(=O)NC(=O)c2ccc(N3CCN(Cc4cc(N)ccc4-c4ccc(Cl)cc4)CC3)cc2)cc1[N+](=O)[O-]. The van der Waals surface area contributed by atoms with Crippen LogP contribution in [0.5, 0.6) is 0 Å². The molecule has 0 bridgehead atoms. The van der Waals surface area contributed by atoms with Crippen molar-refractivity contribution in [2.75, 3.05) is 68.5 Å². The predicted molar refractivity (Wildman–Crippen MR) is 231 cm³/mol. The molecule has 0 radical (unpaired) electrons. The first-order valence-electron chi connectivity index (χ1n) is 18.5. The van der Waals surface area contributed by atoms with Gasteiger partial charge in [-0.15, -0.1) is 11.8 Å². The minimum Gasteiger partial charge on any atom is -0.399 e. The van der Waals surface area contributed by atoms with Crippen molar-refractivity contribution in [3.05, 3.63) is 142 Å². The minimum atomic E-state index is -4.44. The number of nitrogens with two attached hydrogens (primary N) is 1. The number of halogens is 1. The molecule has 4 N–H and O–H groups in total. The van der Waals surface area contributed by atoms with E-state index >= 15 is 0 Å². The van der Waals surface area contributed by atoms with Crippen molar-refractivity contribution in [2.24, 2.45) is 0 Å². The van der Waals surface area contributed by atoms with Crippen LogP contribution in [0.4, 0.5) is 22.7 Å². The van der Waals surface area contributed by atoms with Gasteiger partial charge in [0.1, 0.15) is 5.69 Å². The molecule has 15 heteroatoms. The number of piperazine rings is 1. The minimum absolute atomic E-state index is 0.143. The first-order chi connectivity index (χ1) is 27.3. The van der Waals surface area contributed by atoms with E-state index in [1.807, 2.05) is 91.8 Å². The van der Waals surface area contributed by atoms with Crippen LogP contribution in [0, 0.1) is 10.1 Å². The fraction of sp³-hybridized carbons (Fsp3) is 0.262. The van der Waals surface area contributed by atoms with Crippen LogP contribution in [-0.4, -0.2) is 87.7 Å². The molecule has 298 valence electrons. The molecule has 1 aliphatic rings. The van der Waals surface area contributed by atoms with Gasteiger partial charge in [0.2, 0.25) is 0 Å². The van der Waals surface area contributed by atoms with Gasteiger partial charge in [-0.1, -0.05) is 48.0 Å². The zero-order valence-corrected chi connectivity index (χ0v) is 34.2. The highest BCUT2D eigenvalue weighted by molar-refractivity contribution is 7.99. The lowest BCUT2D eigenvalue weighted by Crippen LogP contribution is -2.46. The number of rotatable bonds is 16. The number of hydrogen-bond acceptors (Lipinski definition) is 11. The highest BCUT2D eigenvalue weighted by atomic mass is 35.5. The van der Waals surface area contributed by atoms with Gasteiger partial charge in [-0.3, -0.25) is 19.8 Å². The molecule has 5 aromatic carbocycles. The second kappa shape index (κ2) is 18.9. The van der Waals surface area contributed by atoms with Crippen LogP contribution in [0.3, 0.4) is 0 Å². The maximum atomic E-state index is 13.4. The number of carbonyl (C=O) groups excluding carboxylic acids is 1. The quantitative estimate of drug-likeness (QED) is 0.0393. The molecule has 1 heterocycles. The Kier molecular flexibility index (Phi) is 13.8. The van der Waals surface area contributed by atoms with E-state index in [0.717, 1.165) is 72.6 Å². The molecule has 6 rings (SSSR count). The first-order valence-corrected chi connectivity index (χ1v) is 21.4. The number of sulfonamides is 1. The third kappa shape index (κ3) is 11.3. The third-order valence-electron chi connectivity index (χ3n) is 9.73. The molecule has 0 unspecified atom stereocenters. The maximum absolute atomic E-state index is 13.4. The number of nitrogens with one attached hydrogen (secondary N) is 2. The van der Waals surface area contributed by atoms with E-state index in [1.54, 1.807) is 36.0 Å². The number of nitro benzene ring substituents is 1. The molecule has 0 saturated carbocycles. The number of hydrogen-bond donors (Lipinski definition) is 3. The normalized spacial score (nSPS) is 14.0. The summed E-state index contributed by atoms with van der Waals surface area (Å²) in [6.07, 6.45) is 0.700. The molecule has 1 fully saturated rings. The van der Waals surface area contributed by atoms with Gasteiger partial charge >= 0.3 is 0 Å². The van der Waals surface area contributed by atoms with E-state index in [2.05, 4.69) is 19.8 Å². The zero-order chi connectivity index (χ0) is 40.5. The monoisotopic (exact) mass is 827 g/mol. The van der Waals surface area contributed by atoms with Gasteiger partial charge in [0.25, 0.3) is 21.6 Å². The van der Waals surface area contributed by atoms with E-state index in [0.29, 0.717) is 22.9 Å². The molecule has 0 spiro atoms. The fourth-order valence-electron chi connectivity index (χ4n) is 6.62. The highest BCUT2D eigenvalue weighted by Crippen LogP contribution is 2.31. The van der Waals surface area contributed by atoms with Crippen molar-refractivity contribution in [2.45, 2.75) is 28.8 Å². The Bertz CT molecular complexity index is 2270. The second-order valence-corrected chi connectivity index (χ2v) is 17.4. The van der Waals surface area contributed by atoms with Crippen molar-refractivity contribution >= 4 is 62.0 Å². The van der Waals surface area contributed by atoms with Crippen LogP contribution in [0.15, 0.2) is 125 Å². The van der Waals surface area contributed by atoms with Crippen molar-refractivity contribution in [3.63, 3.8) is 0 Å². The number of amides is 1. The van der Waals surface area contributed by atoms with Gasteiger partial charge in [0.15, 0.2) is 0 Å².